The fourth-order valence-electron chi connectivity index (χ4n) is 4.33. The number of nitrogens with two attached hydrogens (primary N) is 1. The summed E-state index contributed by atoms with van der Waals surface area (Å²) in [5, 5.41) is 5.46. The molecule has 2 atom stereocenters. The number of anilines is 1. The van der Waals surface area contributed by atoms with Crippen molar-refractivity contribution < 1.29 is 0 Å². The molecule has 0 amide bonds. The second kappa shape index (κ2) is 6.39. The molecule has 4 aromatic rings. The molecular formula is C21H24N6. The van der Waals surface area contributed by atoms with Gasteiger partial charge < -0.3 is 5.73 Å². The van der Waals surface area contributed by atoms with E-state index in [0.717, 1.165) is 41.6 Å². The lowest BCUT2D eigenvalue weighted by molar-refractivity contribution is 0.122. The van der Waals surface area contributed by atoms with E-state index in [-0.39, 0.29) is 0 Å². The number of H-pyrrole nitrogens is 1. The van der Waals surface area contributed by atoms with Gasteiger partial charge in [0, 0.05) is 30.9 Å². The van der Waals surface area contributed by atoms with Gasteiger partial charge in [0.2, 0.25) is 0 Å². The van der Waals surface area contributed by atoms with Crippen LogP contribution in [0, 0.1) is 5.92 Å². The molecule has 0 radical (unpaired) electrons. The van der Waals surface area contributed by atoms with Crippen LogP contribution in [0.3, 0.4) is 0 Å². The van der Waals surface area contributed by atoms with E-state index >= 15 is 0 Å². The maximum atomic E-state index is 6.30. The topological polar surface area (TPSA) is 75.8 Å². The molecule has 0 spiro atoms. The van der Waals surface area contributed by atoms with Crippen molar-refractivity contribution in [2.75, 3.05) is 18.8 Å². The van der Waals surface area contributed by atoms with Crippen molar-refractivity contribution >= 4 is 27.8 Å². The first-order valence-electron chi connectivity index (χ1n) is 9.56. The quantitative estimate of drug-likeness (QED) is 0.585. The predicted octanol–water partition coefficient (Wildman–Crippen LogP) is 3.58. The van der Waals surface area contributed by atoms with E-state index in [2.05, 4.69) is 61.9 Å². The van der Waals surface area contributed by atoms with E-state index in [1.165, 1.54) is 12.0 Å². The molecule has 0 saturated carbocycles. The number of hydrogen-bond acceptors (Lipinski definition) is 4. The summed E-state index contributed by atoms with van der Waals surface area (Å²) in [5.41, 5.74) is 9.55. The Hall–Kier alpha value is -2.86. The molecule has 6 nitrogen and oxygen atoms in total. The largest absolute Gasteiger partial charge is 0.384 e. The van der Waals surface area contributed by atoms with Crippen molar-refractivity contribution in [3.8, 4) is 0 Å². The fourth-order valence-corrected chi connectivity index (χ4v) is 4.33. The van der Waals surface area contributed by atoms with Gasteiger partial charge in [0.15, 0.2) is 5.65 Å². The van der Waals surface area contributed by atoms with Gasteiger partial charge >= 0.3 is 0 Å². The lowest BCUT2D eigenvalue weighted by Crippen LogP contribution is -2.40. The Bertz CT molecular complexity index is 1080. The number of aromatic amines is 1. The minimum absolute atomic E-state index is 0.336. The first-order chi connectivity index (χ1) is 13.2. The Morgan fingerprint density at radius 2 is 2.00 bits per heavy atom. The van der Waals surface area contributed by atoms with Crippen molar-refractivity contribution in [3.63, 3.8) is 0 Å². The number of piperidine rings is 1. The van der Waals surface area contributed by atoms with Gasteiger partial charge in [-0.25, -0.2) is 9.97 Å². The average Bonchev–Trinajstić information content (AvgIpc) is 3.28. The monoisotopic (exact) mass is 360 g/mol. The molecule has 0 bridgehead atoms. The third kappa shape index (κ3) is 2.77. The zero-order valence-electron chi connectivity index (χ0n) is 15.5. The van der Waals surface area contributed by atoms with Gasteiger partial charge in [-0.1, -0.05) is 37.3 Å². The highest BCUT2D eigenvalue weighted by Gasteiger charge is 2.30. The molecule has 27 heavy (non-hydrogen) atoms. The lowest BCUT2D eigenvalue weighted by Gasteiger charge is -2.38. The SMILES string of the molecule is C[C@H]1CCN(Cc2ccccc2)C[C@@H]1n1[nH]c(N)c2cnc3nccc3c21. The number of aromatic nitrogens is 4. The molecule has 5 rings (SSSR count). The van der Waals surface area contributed by atoms with Gasteiger partial charge in [-0.05, 0) is 30.5 Å². The highest BCUT2D eigenvalue weighted by molar-refractivity contribution is 6.06. The number of rotatable bonds is 3. The standard InChI is InChI=1S/C21H24N6/c1-14-8-10-26(12-15-5-3-2-4-6-15)13-18(14)27-19-16-7-9-23-21(16)24-11-17(19)20(22)25-27/h2-7,9,11,14,18,25H,8,10,12-13,22H2,1H3/t14-,18-/m0/s1. The van der Waals surface area contributed by atoms with E-state index in [1.54, 1.807) is 0 Å². The summed E-state index contributed by atoms with van der Waals surface area (Å²) < 4.78 is 2.26. The number of fused-ring (bicyclic) bond motifs is 3. The lowest BCUT2D eigenvalue weighted by atomic mass is 9.93. The van der Waals surface area contributed by atoms with Crippen LogP contribution in [0.5, 0.6) is 0 Å². The summed E-state index contributed by atoms with van der Waals surface area (Å²) in [5.74, 6) is 1.24. The van der Waals surface area contributed by atoms with Crippen LogP contribution in [-0.2, 0) is 6.54 Å². The molecule has 4 heterocycles. The summed E-state index contributed by atoms with van der Waals surface area (Å²) in [4.78, 5) is 11.3. The van der Waals surface area contributed by atoms with Gasteiger partial charge in [-0.15, -0.1) is 0 Å². The molecule has 0 aliphatic carbocycles. The van der Waals surface area contributed by atoms with Crippen LogP contribution >= 0.6 is 0 Å². The molecule has 3 aromatic heterocycles. The van der Waals surface area contributed by atoms with Crippen molar-refractivity contribution in [2.45, 2.75) is 25.9 Å². The van der Waals surface area contributed by atoms with E-state index in [0.29, 0.717) is 17.8 Å². The predicted molar refractivity (Wildman–Crippen MR) is 108 cm³/mol. The molecule has 0 unspecified atom stereocenters. The molecule has 1 fully saturated rings. The molecule has 1 aliphatic rings. The molecule has 3 N–H and O–H groups in total. The molecule has 138 valence electrons. The zero-order chi connectivity index (χ0) is 18.4. The third-order valence-corrected chi connectivity index (χ3v) is 5.86. The van der Waals surface area contributed by atoms with Crippen LogP contribution in [0.15, 0.2) is 48.8 Å². The second-order valence-electron chi connectivity index (χ2n) is 7.65. The van der Waals surface area contributed by atoms with E-state index in [4.69, 9.17) is 5.73 Å². The summed E-state index contributed by atoms with van der Waals surface area (Å²) in [6, 6.07) is 13.1. The number of hydrogen-bond donors (Lipinski definition) is 2. The average molecular weight is 360 g/mol. The van der Waals surface area contributed by atoms with Crippen LogP contribution in [0.25, 0.3) is 21.9 Å². The first kappa shape index (κ1) is 16.3. The van der Waals surface area contributed by atoms with Crippen LogP contribution in [-0.4, -0.2) is 37.7 Å². The van der Waals surface area contributed by atoms with Crippen LogP contribution < -0.4 is 5.73 Å². The van der Waals surface area contributed by atoms with Gasteiger partial charge in [0.05, 0.1) is 16.9 Å². The number of likely N-dealkylation sites (tertiary alicyclic amines) is 1. The Kier molecular flexibility index (Phi) is 3.86. The summed E-state index contributed by atoms with van der Waals surface area (Å²) in [6.07, 6.45) is 4.82. The van der Waals surface area contributed by atoms with Gasteiger partial charge in [-0.3, -0.25) is 14.7 Å². The van der Waals surface area contributed by atoms with Crippen LogP contribution in [0.1, 0.15) is 24.9 Å². The summed E-state index contributed by atoms with van der Waals surface area (Å²) >= 11 is 0. The Labute approximate surface area is 158 Å². The van der Waals surface area contributed by atoms with E-state index in [9.17, 15) is 0 Å². The third-order valence-electron chi connectivity index (χ3n) is 5.86. The Morgan fingerprint density at radius 1 is 1.15 bits per heavy atom. The minimum atomic E-state index is 0.336. The smallest absolute Gasteiger partial charge is 0.161 e. The van der Waals surface area contributed by atoms with Gasteiger partial charge in [0.25, 0.3) is 0 Å². The molecule has 1 aliphatic heterocycles. The number of benzene rings is 1. The van der Waals surface area contributed by atoms with Crippen LogP contribution in [0.2, 0.25) is 0 Å². The van der Waals surface area contributed by atoms with E-state index in [1.807, 2.05) is 18.5 Å². The molecule has 6 heteroatoms. The van der Waals surface area contributed by atoms with Crippen molar-refractivity contribution in [1.29, 1.82) is 0 Å². The van der Waals surface area contributed by atoms with Crippen molar-refractivity contribution in [1.82, 2.24) is 24.6 Å². The number of nitrogens with one attached hydrogen (secondary N) is 1. The highest BCUT2D eigenvalue weighted by atomic mass is 15.3. The Morgan fingerprint density at radius 3 is 2.85 bits per heavy atom. The maximum absolute atomic E-state index is 6.30. The molecule has 1 saturated heterocycles. The van der Waals surface area contributed by atoms with Crippen molar-refractivity contribution in [2.24, 2.45) is 5.92 Å². The second-order valence-corrected chi connectivity index (χ2v) is 7.65. The highest BCUT2D eigenvalue weighted by Crippen LogP contribution is 2.35. The minimum Gasteiger partial charge on any atom is -0.384 e. The summed E-state index contributed by atoms with van der Waals surface area (Å²) in [6.45, 7) is 5.43. The zero-order valence-corrected chi connectivity index (χ0v) is 15.5. The Balaban J connectivity index is 1.53. The number of nitrogens with zero attached hydrogens (tertiary/aromatic N) is 4. The first-order valence-corrected chi connectivity index (χ1v) is 9.56. The molecular weight excluding hydrogens is 336 g/mol. The number of nitrogen functional groups attached to an aromatic ring is 1. The van der Waals surface area contributed by atoms with Crippen LogP contribution in [0.4, 0.5) is 5.82 Å². The molecule has 1 aromatic carbocycles. The van der Waals surface area contributed by atoms with Crippen molar-refractivity contribution in [3.05, 3.63) is 54.4 Å². The maximum Gasteiger partial charge on any atom is 0.161 e. The summed E-state index contributed by atoms with van der Waals surface area (Å²) in [7, 11) is 0. The normalized spacial score (nSPS) is 21.2. The van der Waals surface area contributed by atoms with Gasteiger partial charge in [0.1, 0.15) is 5.82 Å². The number of pyridine rings is 1. The van der Waals surface area contributed by atoms with E-state index < -0.39 is 0 Å². The van der Waals surface area contributed by atoms with Gasteiger partial charge in [-0.2, -0.15) is 0 Å². The fraction of sp³-hybridized carbons (Fsp3) is 0.333.